The fourth-order valence-electron chi connectivity index (χ4n) is 3.23. The molecule has 2 aromatic heterocycles. The summed E-state index contributed by atoms with van der Waals surface area (Å²) in [6, 6.07) is 2.24. The molecular weight excluding hydrogens is 382 g/mol. The monoisotopic (exact) mass is 403 g/mol. The van der Waals surface area contributed by atoms with E-state index >= 15 is 0 Å². The summed E-state index contributed by atoms with van der Waals surface area (Å²) in [4.78, 5) is 35.9. The van der Waals surface area contributed by atoms with Crippen LogP contribution < -0.4 is 0 Å². The Morgan fingerprint density at radius 2 is 2.19 bits per heavy atom. The quantitative estimate of drug-likeness (QED) is 0.398. The summed E-state index contributed by atoms with van der Waals surface area (Å²) in [5.74, 6) is -0.378. The van der Waals surface area contributed by atoms with Gasteiger partial charge in [-0.3, -0.25) is 9.59 Å². The van der Waals surface area contributed by atoms with Crippen LogP contribution in [0, 0.1) is 0 Å². The van der Waals surface area contributed by atoms with Gasteiger partial charge in [0.15, 0.2) is 6.61 Å². The third kappa shape index (κ3) is 4.50. The van der Waals surface area contributed by atoms with Crippen LogP contribution in [-0.2, 0) is 14.3 Å². The maximum atomic E-state index is 12.6. The Morgan fingerprint density at radius 3 is 2.96 bits per heavy atom. The molecule has 27 heavy (non-hydrogen) atoms. The van der Waals surface area contributed by atoms with Crippen LogP contribution in [0.3, 0.4) is 0 Å². The fraction of sp³-hybridized carbons (Fsp3) is 0.474. The smallest absolute Gasteiger partial charge is 0.316 e. The predicted octanol–water partition coefficient (Wildman–Crippen LogP) is 3.78. The first-order chi connectivity index (χ1) is 13.2. The lowest BCUT2D eigenvalue weighted by molar-refractivity contribution is -0.149. The number of carbonyl (C=O) groups is 2. The summed E-state index contributed by atoms with van der Waals surface area (Å²) in [6.07, 6.45) is 10.0. The lowest BCUT2D eigenvalue weighted by atomic mass is 10.0. The van der Waals surface area contributed by atoms with E-state index in [-0.39, 0.29) is 18.3 Å². The third-order valence-corrected chi connectivity index (χ3v) is 6.47. The Hall–Kier alpha value is -1.93. The molecule has 1 fully saturated rings. The van der Waals surface area contributed by atoms with Gasteiger partial charge in [0.1, 0.15) is 16.2 Å². The lowest BCUT2D eigenvalue weighted by Gasteiger charge is -2.27. The highest BCUT2D eigenvalue weighted by Crippen LogP contribution is 2.34. The molecule has 0 unspecified atom stereocenters. The summed E-state index contributed by atoms with van der Waals surface area (Å²) in [5.41, 5.74) is 1.11. The van der Waals surface area contributed by atoms with Gasteiger partial charge in [-0.1, -0.05) is 17.8 Å². The number of amides is 1. The number of rotatable bonds is 7. The molecule has 1 saturated carbocycles. The Labute approximate surface area is 166 Å². The number of hydrogen-bond donors (Lipinski definition) is 0. The minimum Gasteiger partial charge on any atom is -0.455 e. The molecule has 2 heterocycles. The van der Waals surface area contributed by atoms with Crippen molar-refractivity contribution >= 4 is 45.2 Å². The summed E-state index contributed by atoms with van der Waals surface area (Å²) >= 11 is 2.85. The van der Waals surface area contributed by atoms with E-state index in [1.165, 1.54) is 35.8 Å². The highest BCUT2D eigenvalue weighted by Gasteiger charge is 2.35. The second-order valence-corrected chi connectivity index (χ2v) is 8.56. The Balaban J connectivity index is 1.30. The molecule has 4 rings (SSSR count). The van der Waals surface area contributed by atoms with Gasteiger partial charge in [0, 0.05) is 17.1 Å². The van der Waals surface area contributed by atoms with Gasteiger partial charge in [0.25, 0.3) is 5.91 Å². The van der Waals surface area contributed by atoms with Crippen molar-refractivity contribution in [3.63, 3.8) is 0 Å². The molecule has 0 N–H and O–H groups in total. The highest BCUT2D eigenvalue weighted by molar-refractivity contribution is 8.00. The number of fused-ring (bicyclic) bond motifs is 1. The number of thioether (sulfide) groups is 1. The average Bonchev–Trinajstić information content (AvgIpc) is 3.40. The van der Waals surface area contributed by atoms with Crippen molar-refractivity contribution in [3.8, 4) is 0 Å². The van der Waals surface area contributed by atoms with Crippen molar-refractivity contribution in [2.45, 2.75) is 49.6 Å². The van der Waals surface area contributed by atoms with E-state index in [0.29, 0.717) is 6.04 Å². The molecule has 0 saturated heterocycles. The molecule has 0 bridgehead atoms. The normalized spacial score (nSPS) is 16.8. The number of esters is 1. The molecular formula is C19H21N3O3S2. The number of allylic oxidation sites excluding steroid dienone is 2. The standard InChI is InChI=1S/C19H21N3O3S2/c23-16(22(14-6-7-14)13-4-2-1-3-5-13)10-25-17(24)11-27-19-15-8-9-26-18(15)20-12-21-19/h4,8-9,12,14H,1-3,5-7,10-11H2. The van der Waals surface area contributed by atoms with Gasteiger partial charge in [-0.05, 0) is 50.0 Å². The number of aromatic nitrogens is 2. The molecule has 6 nitrogen and oxygen atoms in total. The van der Waals surface area contributed by atoms with Crippen LogP contribution in [0.25, 0.3) is 10.2 Å². The van der Waals surface area contributed by atoms with E-state index in [4.69, 9.17) is 4.74 Å². The van der Waals surface area contributed by atoms with Crippen LogP contribution in [0.2, 0.25) is 0 Å². The number of hydrogen-bond acceptors (Lipinski definition) is 7. The fourth-order valence-corrected chi connectivity index (χ4v) is 4.81. The van der Waals surface area contributed by atoms with E-state index in [1.807, 2.05) is 16.3 Å². The topological polar surface area (TPSA) is 72.4 Å². The van der Waals surface area contributed by atoms with E-state index in [2.05, 4.69) is 16.0 Å². The van der Waals surface area contributed by atoms with Crippen LogP contribution in [0.4, 0.5) is 0 Å². The van der Waals surface area contributed by atoms with Gasteiger partial charge >= 0.3 is 5.97 Å². The predicted molar refractivity (Wildman–Crippen MR) is 106 cm³/mol. The van der Waals surface area contributed by atoms with Gasteiger partial charge in [0.05, 0.1) is 5.75 Å². The van der Waals surface area contributed by atoms with E-state index in [1.54, 1.807) is 0 Å². The van der Waals surface area contributed by atoms with Crippen LogP contribution in [0.5, 0.6) is 0 Å². The van der Waals surface area contributed by atoms with Crippen LogP contribution >= 0.6 is 23.1 Å². The Kier molecular flexibility index (Phi) is 5.73. The molecule has 2 aliphatic carbocycles. The van der Waals surface area contributed by atoms with E-state index < -0.39 is 5.97 Å². The maximum Gasteiger partial charge on any atom is 0.316 e. The second kappa shape index (κ2) is 8.39. The molecule has 8 heteroatoms. The summed E-state index contributed by atoms with van der Waals surface area (Å²) < 4.78 is 5.25. The first-order valence-electron chi connectivity index (χ1n) is 9.20. The molecule has 0 atom stereocenters. The van der Waals surface area contributed by atoms with Gasteiger partial charge in [-0.15, -0.1) is 11.3 Å². The second-order valence-electron chi connectivity index (χ2n) is 6.70. The molecule has 0 aliphatic heterocycles. The Bertz CT molecular complexity index is 876. The molecule has 0 radical (unpaired) electrons. The molecule has 1 amide bonds. The van der Waals surface area contributed by atoms with Crippen LogP contribution in [0.1, 0.15) is 38.5 Å². The molecule has 2 aromatic rings. The molecule has 142 valence electrons. The number of thiophene rings is 1. The third-order valence-electron chi connectivity index (χ3n) is 4.67. The lowest BCUT2D eigenvalue weighted by Crippen LogP contribution is -2.36. The van der Waals surface area contributed by atoms with Gasteiger partial charge in [-0.2, -0.15) is 0 Å². The van der Waals surface area contributed by atoms with Crippen molar-refractivity contribution in [2.24, 2.45) is 0 Å². The zero-order valence-electron chi connectivity index (χ0n) is 14.9. The number of ether oxygens (including phenoxy) is 1. The zero-order valence-corrected chi connectivity index (χ0v) is 16.6. The van der Waals surface area contributed by atoms with Crippen molar-refractivity contribution in [2.75, 3.05) is 12.4 Å². The van der Waals surface area contributed by atoms with Crippen LogP contribution in [0.15, 0.2) is 34.6 Å². The first-order valence-corrected chi connectivity index (χ1v) is 11.1. The minimum absolute atomic E-state index is 0.105. The summed E-state index contributed by atoms with van der Waals surface area (Å²) in [5, 5.41) is 3.66. The number of carbonyl (C=O) groups excluding carboxylic acids is 2. The highest BCUT2D eigenvalue weighted by atomic mass is 32.2. The SMILES string of the molecule is O=C(CSc1ncnc2sccc12)OCC(=O)N(C1=CCCCC1)C1CC1. The summed E-state index contributed by atoms with van der Waals surface area (Å²) in [6.45, 7) is -0.190. The Morgan fingerprint density at radius 1 is 1.30 bits per heavy atom. The van der Waals surface area contributed by atoms with E-state index in [0.717, 1.165) is 53.0 Å². The molecule has 2 aliphatic rings. The minimum atomic E-state index is -0.399. The molecule has 0 spiro atoms. The van der Waals surface area contributed by atoms with E-state index in [9.17, 15) is 9.59 Å². The van der Waals surface area contributed by atoms with Crippen LogP contribution in [-0.4, -0.2) is 45.1 Å². The first kappa shape index (κ1) is 18.4. The zero-order chi connectivity index (χ0) is 18.6. The molecule has 0 aromatic carbocycles. The van der Waals surface area contributed by atoms with Crippen molar-refractivity contribution < 1.29 is 14.3 Å². The van der Waals surface area contributed by atoms with Crippen molar-refractivity contribution in [1.29, 1.82) is 0 Å². The van der Waals surface area contributed by atoms with Crippen molar-refractivity contribution in [3.05, 3.63) is 29.5 Å². The van der Waals surface area contributed by atoms with Crippen molar-refractivity contribution in [1.82, 2.24) is 14.9 Å². The maximum absolute atomic E-state index is 12.6. The van der Waals surface area contributed by atoms with Gasteiger partial charge in [0.2, 0.25) is 0 Å². The van der Waals surface area contributed by atoms with Gasteiger partial charge < -0.3 is 9.64 Å². The van der Waals surface area contributed by atoms with Gasteiger partial charge in [-0.25, -0.2) is 9.97 Å². The number of nitrogens with zero attached hydrogens (tertiary/aromatic N) is 3. The largest absolute Gasteiger partial charge is 0.455 e. The summed E-state index contributed by atoms with van der Waals surface area (Å²) in [7, 11) is 0. The average molecular weight is 404 g/mol.